The van der Waals surface area contributed by atoms with Gasteiger partial charge in [0.25, 0.3) is 5.56 Å². The number of H-pyrrole nitrogens is 1. The van der Waals surface area contributed by atoms with E-state index in [2.05, 4.69) is 42.4 Å². The molecule has 1 aliphatic carbocycles. The second kappa shape index (κ2) is 9.88. The summed E-state index contributed by atoms with van der Waals surface area (Å²) in [5.41, 5.74) is 2.32. The lowest BCUT2D eigenvalue weighted by Crippen LogP contribution is -2.49. The molecule has 2 aliphatic heterocycles. The van der Waals surface area contributed by atoms with E-state index in [1.807, 2.05) is 35.0 Å². The van der Waals surface area contributed by atoms with Gasteiger partial charge in [0.05, 0.1) is 18.7 Å². The first kappa shape index (κ1) is 24.0. The van der Waals surface area contributed by atoms with Crippen molar-refractivity contribution >= 4 is 16.6 Å². The highest BCUT2D eigenvalue weighted by Crippen LogP contribution is 2.38. The number of rotatable bonds is 6. The quantitative estimate of drug-likeness (QED) is 0.402. The lowest BCUT2D eigenvalue weighted by atomic mass is 10.0. The van der Waals surface area contributed by atoms with Crippen molar-refractivity contribution in [3.8, 4) is 17.2 Å². The van der Waals surface area contributed by atoms with Crippen LogP contribution in [0.5, 0.6) is 17.2 Å². The summed E-state index contributed by atoms with van der Waals surface area (Å²) in [6, 6.07) is 13.7. The second-order valence-electron chi connectivity index (χ2n) is 10.4. The molecule has 11 heteroatoms. The molecule has 2 aromatic carbocycles. The molecule has 1 atom stereocenters. The molecule has 2 aromatic heterocycles. The van der Waals surface area contributed by atoms with Crippen LogP contribution in [0, 0.1) is 0 Å². The smallest absolute Gasteiger partial charge is 0.253 e. The Hall–Kier alpha value is -4.12. The highest BCUT2D eigenvalue weighted by atomic mass is 16.7. The van der Waals surface area contributed by atoms with E-state index in [0.29, 0.717) is 22.6 Å². The van der Waals surface area contributed by atoms with Crippen LogP contribution in [-0.2, 0) is 0 Å². The van der Waals surface area contributed by atoms with Crippen molar-refractivity contribution in [3.05, 3.63) is 64.2 Å². The van der Waals surface area contributed by atoms with Crippen molar-refractivity contribution in [1.29, 1.82) is 0 Å². The summed E-state index contributed by atoms with van der Waals surface area (Å²) < 4.78 is 18.5. The molecular weight excluding hydrogens is 498 g/mol. The van der Waals surface area contributed by atoms with Crippen LogP contribution in [0.1, 0.15) is 49.2 Å². The molecule has 3 aliphatic rings. The van der Waals surface area contributed by atoms with Crippen LogP contribution >= 0.6 is 0 Å². The van der Waals surface area contributed by atoms with E-state index in [-0.39, 0.29) is 24.4 Å². The van der Waals surface area contributed by atoms with Crippen LogP contribution in [-0.4, -0.2) is 70.2 Å². The summed E-state index contributed by atoms with van der Waals surface area (Å²) in [6.45, 7) is 3.28. The topological polar surface area (TPSA) is 111 Å². The zero-order valence-electron chi connectivity index (χ0n) is 21.9. The van der Waals surface area contributed by atoms with Gasteiger partial charge in [-0.25, -0.2) is 4.68 Å². The number of piperazine rings is 1. The van der Waals surface area contributed by atoms with Crippen molar-refractivity contribution < 1.29 is 14.2 Å². The number of benzene rings is 2. The number of aromatic nitrogens is 5. The van der Waals surface area contributed by atoms with Crippen LogP contribution in [0.4, 0.5) is 5.69 Å². The first-order chi connectivity index (χ1) is 19.2. The number of methoxy groups -OCH3 is 1. The predicted octanol–water partition coefficient (Wildman–Crippen LogP) is 3.28. The zero-order chi connectivity index (χ0) is 26.3. The number of aromatic amines is 1. The largest absolute Gasteiger partial charge is 0.497 e. The maximum atomic E-state index is 13.6. The van der Waals surface area contributed by atoms with Gasteiger partial charge < -0.3 is 24.1 Å². The molecule has 0 amide bonds. The maximum Gasteiger partial charge on any atom is 0.253 e. The van der Waals surface area contributed by atoms with Gasteiger partial charge in [-0.1, -0.05) is 18.9 Å². The predicted molar refractivity (Wildman–Crippen MR) is 145 cm³/mol. The summed E-state index contributed by atoms with van der Waals surface area (Å²) in [5.74, 6) is 2.88. The molecule has 1 N–H and O–H groups in total. The molecule has 4 aromatic rings. The molecule has 0 radical (unpaired) electrons. The van der Waals surface area contributed by atoms with Gasteiger partial charge in [-0.05, 0) is 47.5 Å². The molecular formula is C28H31N7O4. The number of fused-ring (bicyclic) bond motifs is 2. The number of hydrogen-bond acceptors (Lipinski definition) is 9. The zero-order valence-corrected chi connectivity index (χ0v) is 21.9. The second-order valence-corrected chi connectivity index (χ2v) is 10.4. The number of nitrogens with one attached hydrogen (secondary N) is 1. The Balaban J connectivity index is 1.27. The molecule has 202 valence electrons. The van der Waals surface area contributed by atoms with Gasteiger partial charge in [0, 0.05) is 54.9 Å². The van der Waals surface area contributed by atoms with Crippen molar-refractivity contribution in [2.24, 2.45) is 0 Å². The number of hydrogen-bond donors (Lipinski definition) is 1. The Morgan fingerprint density at radius 2 is 1.82 bits per heavy atom. The van der Waals surface area contributed by atoms with Gasteiger partial charge in [-0.3, -0.25) is 9.69 Å². The Labute approximate surface area is 225 Å². The number of pyridine rings is 1. The normalized spacial score (nSPS) is 18.6. The van der Waals surface area contributed by atoms with E-state index in [0.717, 1.165) is 74.5 Å². The van der Waals surface area contributed by atoms with E-state index < -0.39 is 0 Å². The lowest BCUT2D eigenvalue weighted by molar-refractivity contribution is 0.174. The van der Waals surface area contributed by atoms with Crippen molar-refractivity contribution in [2.45, 2.75) is 37.8 Å². The minimum atomic E-state index is -0.383. The molecule has 1 saturated heterocycles. The van der Waals surface area contributed by atoms with E-state index >= 15 is 0 Å². The Bertz CT molecular complexity index is 1550. The van der Waals surface area contributed by atoms with E-state index in [9.17, 15) is 4.79 Å². The van der Waals surface area contributed by atoms with E-state index in [4.69, 9.17) is 14.2 Å². The molecule has 39 heavy (non-hydrogen) atoms. The minimum Gasteiger partial charge on any atom is -0.497 e. The third-order valence-electron chi connectivity index (χ3n) is 8.19. The van der Waals surface area contributed by atoms with E-state index in [1.165, 1.54) is 0 Å². The summed E-state index contributed by atoms with van der Waals surface area (Å²) in [6.07, 6.45) is 4.42. The highest BCUT2D eigenvalue weighted by Gasteiger charge is 2.35. The summed E-state index contributed by atoms with van der Waals surface area (Å²) in [5, 5.41) is 13.9. The molecule has 0 bridgehead atoms. The Morgan fingerprint density at radius 3 is 2.62 bits per heavy atom. The van der Waals surface area contributed by atoms with Crippen molar-refractivity contribution in [1.82, 2.24) is 30.1 Å². The number of tetrazole rings is 1. The van der Waals surface area contributed by atoms with Gasteiger partial charge in [-0.15, -0.1) is 5.10 Å². The first-order valence-corrected chi connectivity index (χ1v) is 13.6. The maximum absolute atomic E-state index is 13.6. The molecule has 4 heterocycles. The summed E-state index contributed by atoms with van der Waals surface area (Å²) >= 11 is 0. The third-order valence-corrected chi connectivity index (χ3v) is 8.19. The van der Waals surface area contributed by atoms with Crippen molar-refractivity contribution in [2.75, 3.05) is 45.0 Å². The van der Waals surface area contributed by atoms with Gasteiger partial charge >= 0.3 is 0 Å². The Kier molecular flexibility index (Phi) is 6.07. The van der Waals surface area contributed by atoms with Crippen molar-refractivity contribution in [3.63, 3.8) is 0 Å². The lowest BCUT2D eigenvalue weighted by Gasteiger charge is -2.39. The average Bonchev–Trinajstić information content (AvgIpc) is 3.75. The van der Waals surface area contributed by atoms with Gasteiger partial charge in [0.2, 0.25) is 6.79 Å². The fourth-order valence-electron chi connectivity index (χ4n) is 6.15. The van der Waals surface area contributed by atoms with Crippen LogP contribution in [0.3, 0.4) is 0 Å². The number of nitrogens with zero attached hydrogens (tertiary/aromatic N) is 6. The molecule has 1 unspecified atom stereocenters. The van der Waals surface area contributed by atoms with Gasteiger partial charge in [-0.2, -0.15) is 0 Å². The Morgan fingerprint density at radius 1 is 1.03 bits per heavy atom. The van der Waals surface area contributed by atoms with Crippen LogP contribution in [0.2, 0.25) is 0 Å². The molecule has 7 rings (SSSR count). The average molecular weight is 530 g/mol. The number of ether oxygens (including phenoxy) is 3. The molecule has 1 saturated carbocycles. The molecule has 0 spiro atoms. The van der Waals surface area contributed by atoms with Crippen LogP contribution < -0.4 is 24.7 Å². The molecule has 2 fully saturated rings. The standard InChI is InChI=1S/C28H31N7O4/c1-37-21-8-4-7-20(15-21)33-9-11-34(12-10-33)26(27-30-31-32-35(27)19-5-2-3-6-19)22-13-18-14-24-25(39-17-38-24)16-23(18)29-28(22)36/h4,7-8,13-16,19,26H,2-3,5-6,9-12,17H2,1H3,(H,29,36). The number of anilines is 1. The fourth-order valence-corrected chi connectivity index (χ4v) is 6.15. The summed E-state index contributed by atoms with van der Waals surface area (Å²) in [7, 11) is 1.69. The summed E-state index contributed by atoms with van der Waals surface area (Å²) in [4.78, 5) is 21.4. The van der Waals surface area contributed by atoms with Crippen LogP contribution in [0.25, 0.3) is 10.9 Å². The van der Waals surface area contributed by atoms with Gasteiger partial charge in [0.15, 0.2) is 17.3 Å². The first-order valence-electron chi connectivity index (χ1n) is 13.6. The fraction of sp³-hybridized carbons (Fsp3) is 0.429. The van der Waals surface area contributed by atoms with Gasteiger partial charge in [0.1, 0.15) is 11.8 Å². The van der Waals surface area contributed by atoms with E-state index in [1.54, 1.807) is 7.11 Å². The molecule has 11 nitrogen and oxygen atoms in total. The SMILES string of the molecule is COc1cccc(N2CCN(C(c3cc4cc5c(cc4[nH]c3=O)OCO5)c3nnnn3C3CCCC3)CC2)c1. The monoisotopic (exact) mass is 529 g/mol. The van der Waals surface area contributed by atoms with Crippen LogP contribution in [0.15, 0.2) is 47.3 Å². The highest BCUT2D eigenvalue weighted by molar-refractivity contribution is 5.83. The third kappa shape index (κ3) is 4.36. The minimum absolute atomic E-state index is 0.150.